The van der Waals surface area contributed by atoms with Crippen molar-refractivity contribution in [2.45, 2.75) is 56.8 Å². The number of nitrogens with zero attached hydrogens (tertiary/aromatic N) is 1. The maximum absolute atomic E-state index is 13.6. The number of hydrogen-bond acceptors (Lipinski definition) is 3. The van der Waals surface area contributed by atoms with Gasteiger partial charge in [0.1, 0.15) is 11.7 Å². The standard InChI is InChI=1S/C27H29F3N4O2/c1-15-9-18-13-26(2,19-5-3-4-6-20(19)31)14-34(18)25(36)23(10-15)33-24(35)22-12-16-11-17(27(28,29)30)7-8-21(16)32-22/h3-8,11-12,15,18,23,32H,9-10,13-14,31H2,1-2H3,(H,33,35)/t15?,18-,23+,26-/m1/s1. The molecule has 6 nitrogen and oxygen atoms in total. The molecule has 4 N–H and O–H groups in total. The summed E-state index contributed by atoms with van der Waals surface area (Å²) in [4.78, 5) is 31.4. The lowest BCUT2D eigenvalue weighted by Gasteiger charge is -2.28. The lowest BCUT2D eigenvalue weighted by molar-refractivity contribution is -0.137. The summed E-state index contributed by atoms with van der Waals surface area (Å²) in [5.41, 5.74) is 7.46. The number of aromatic amines is 1. The SMILES string of the molecule is CC1C[C@@H]2C[C@@](C)(c3ccccc3N)CN2C(=O)[C@@H](NC(=O)c2cc3cc(C(F)(F)F)ccc3[nH]2)C1. The van der Waals surface area contributed by atoms with E-state index in [0.717, 1.165) is 30.5 Å². The molecule has 2 saturated heterocycles. The average molecular weight is 499 g/mol. The summed E-state index contributed by atoms with van der Waals surface area (Å²) in [5, 5.41) is 3.13. The molecule has 0 bridgehead atoms. The molecule has 0 saturated carbocycles. The molecule has 0 aliphatic carbocycles. The van der Waals surface area contributed by atoms with Crippen molar-refractivity contribution in [3.8, 4) is 0 Å². The number of fused-ring (bicyclic) bond motifs is 2. The van der Waals surface area contributed by atoms with Gasteiger partial charge in [-0.15, -0.1) is 0 Å². The van der Waals surface area contributed by atoms with Gasteiger partial charge in [-0.05, 0) is 61.1 Å². The van der Waals surface area contributed by atoms with Crippen LogP contribution in [0.3, 0.4) is 0 Å². The van der Waals surface area contributed by atoms with Gasteiger partial charge >= 0.3 is 6.18 Å². The zero-order valence-electron chi connectivity index (χ0n) is 20.2. The predicted molar refractivity (Wildman–Crippen MR) is 131 cm³/mol. The second-order valence-corrected chi connectivity index (χ2v) is 10.6. The number of H-pyrrole nitrogens is 1. The van der Waals surface area contributed by atoms with E-state index >= 15 is 0 Å². The molecule has 36 heavy (non-hydrogen) atoms. The third kappa shape index (κ3) is 4.31. The summed E-state index contributed by atoms with van der Waals surface area (Å²) in [6.07, 6.45) is -2.35. The van der Waals surface area contributed by atoms with Gasteiger partial charge in [0.05, 0.1) is 5.56 Å². The van der Waals surface area contributed by atoms with E-state index in [4.69, 9.17) is 5.73 Å². The Labute approximate surface area is 207 Å². The van der Waals surface area contributed by atoms with E-state index < -0.39 is 23.7 Å². The summed E-state index contributed by atoms with van der Waals surface area (Å²) in [5.74, 6) is -0.453. The molecular weight excluding hydrogens is 469 g/mol. The second kappa shape index (κ2) is 8.57. The molecule has 4 atom stereocenters. The minimum Gasteiger partial charge on any atom is -0.398 e. The van der Waals surface area contributed by atoms with Gasteiger partial charge in [-0.1, -0.05) is 32.0 Å². The average Bonchev–Trinajstić information content (AvgIpc) is 3.36. The molecule has 9 heteroatoms. The van der Waals surface area contributed by atoms with E-state index in [9.17, 15) is 22.8 Å². The molecule has 2 amide bonds. The largest absolute Gasteiger partial charge is 0.416 e. The van der Waals surface area contributed by atoms with Gasteiger partial charge in [-0.2, -0.15) is 13.2 Å². The first-order valence-corrected chi connectivity index (χ1v) is 12.1. The number of halogens is 3. The Morgan fingerprint density at radius 3 is 2.64 bits per heavy atom. The number of carbonyl (C=O) groups excluding carboxylic acids is 2. The fraction of sp³-hybridized carbons (Fsp3) is 0.407. The van der Waals surface area contributed by atoms with Crippen molar-refractivity contribution < 1.29 is 22.8 Å². The third-order valence-electron chi connectivity index (χ3n) is 7.65. The van der Waals surface area contributed by atoms with Crippen LogP contribution in [0.1, 0.15) is 54.7 Å². The number of hydrogen-bond donors (Lipinski definition) is 3. The first-order valence-electron chi connectivity index (χ1n) is 12.1. The highest BCUT2D eigenvalue weighted by atomic mass is 19.4. The second-order valence-electron chi connectivity index (χ2n) is 10.6. The van der Waals surface area contributed by atoms with Crippen molar-refractivity contribution in [2.24, 2.45) is 5.92 Å². The summed E-state index contributed by atoms with van der Waals surface area (Å²) in [7, 11) is 0. The van der Waals surface area contributed by atoms with Crippen LogP contribution in [-0.2, 0) is 16.4 Å². The first-order chi connectivity index (χ1) is 16.9. The molecule has 190 valence electrons. The van der Waals surface area contributed by atoms with Crippen LogP contribution in [0.25, 0.3) is 10.9 Å². The van der Waals surface area contributed by atoms with Crippen LogP contribution >= 0.6 is 0 Å². The molecule has 0 spiro atoms. The van der Waals surface area contributed by atoms with Gasteiger partial charge in [-0.3, -0.25) is 9.59 Å². The smallest absolute Gasteiger partial charge is 0.398 e. The lowest BCUT2D eigenvalue weighted by Crippen LogP contribution is -2.49. The van der Waals surface area contributed by atoms with E-state index in [0.29, 0.717) is 24.2 Å². The Balaban J connectivity index is 1.37. The summed E-state index contributed by atoms with van der Waals surface area (Å²) >= 11 is 0. The number of alkyl halides is 3. The number of amides is 2. The number of nitrogens with two attached hydrogens (primary N) is 1. The molecule has 2 aliphatic rings. The van der Waals surface area contributed by atoms with Crippen molar-refractivity contribution in [3.05, 3.63) is 65.4 Å². The Hall–Kier alpha value is -3.49. The van der Waals surface area contributed by atoms with Crippen LogP contribution in [-0.4, -0.2) is 40.3 Å². The molecule has 5 rings (SSSR count). The van der Waals surface area contributed by atoms with E-state index in [1.807, 2.05) is 29.2 Å². The minimum absolute atomic E-state index is 0.0490. The lowest BCUT2D eigenvalue weighted by atomic mass is 9.78. The van der Waals surface area contributed by atoms with Gasteiger partial charge in [0.15, 0.2) is 0 Å². The molecule has 1 aromatic heterocycles. The van der Waals surface area contributed by atoms with Gasteiger partial charge < -0.3 is 20.9 Å². The Kier molecular flexibility index (Phi) is 5.76. The Morgan fingerprint density at radius 2 is 1.92 bits per heavy atom. The molecule has 2 fully saturated rings. The number of carbonyl (C=O) groups is 2. The highest BCUT2D eigenvalue weighted by Crippen LogP contribution is 2.43. The van der Waals surface area contributed by atoms with Gasteiger partial charge in [0.2, 0.25) is 5.91 Å². The number of rotatable bonds is 3. The Bertz CT molecular complexity index is 1330. The number of benzene rings is 2. The van der Waals surface area contributed by atoms with E-state index in [1.165, 1.54) is 12.1 Å². The first kappa shape index (κ1) is 24.2. The van der Waals surface area contributed by atoms with Gasteiger partial charge in [0, 0.05) is 34.6 Å². The molecule has 3 aromatic rings. The highest BCUT2D eigenvalue weighted by molar-refractivity contribution is 6.00. The third-order valence-corrected chi connectivity index (χ3v) is 7.65. The zero-order chi connectivity index (χ0) is 25.8. The summed E-state index contributed by atoms with van der Waals surface area (Å²) in [6.45, 7) is 4.71. The monoisotopic (exact) mass is 498 g/mol. The van der Waals surface area contributed by atoms with Crippen LogP contribution in [0.4, 0.5) is 18.9 Å². The van der Waals surface area contributed by atoms with Crippen molar-refractivity contribution in [1.82, 2.24) is 15.2 Å². The van der Waals surface area contributed by atoms with Gasteiger partial charge in [-0.25, -0.2) is 0 Å². The van der Waals surface area contributed by atoms with Crippen LogP contribution in [0.5, 0.6) is 0 Å². The quantitative estimate of drug-likeness (QED) is 0.451. The molecular formula is C27H29F3N4O2. The van der Waals surface area contributed by atoms with Crippen LogP contribution in [0.2, 0.25) is 0 Å². The molecule has 1 unspecified atom stereocenters. The number of nitrogens with one attached hydrogen (secondary N) is 2. The fourth-order valence-electron chi connectivity index (χ4n) is 5.96. The number of para-hydroxylation sites is 1. The summed E-state index contributed by atoms with van der Waals surface area (Å²) in [6, 6.07) is 11.7. The van der Waals surface area contributed by atoms with E-state index in [-0.39, 0.29) is 34.4 Å². The van der Waals surface area contributed by atoms with Crippen molar-refractivity contribution >= 4 is 28.4 Å². The maximum atomic E-state index is 13.6. The molecule has 3 heterocycles. The van der Waals surface area contributed by atoms with Gasteiger partial charge in [0.25, 0.3) is 5.91 Å². The highest BCUT2D eigenvalue weighted by Gasteiger charge is 2.48. The molecule has 0 radical (unpaired) electrons. The van der Waals surface area contributed by atoms with Crippen molar-refractivity contribution in [2.75, 3.05) is 12.3 Å². The van der Waals surface area contributed by atoms with Crippen LogP contribution in [0.15, 0.2) is 48.5 Å². The van der Waals surface area contributed by atoms with Crippen molar-refractivity contribution in [3.63, 3.8) is 0 Å². The fourth-order valence-corrected chi connectivity index (χ4v) is 5.96. The minimum atomic E-state index is -4.47. The topological polar surface area (TPSA) is 91.2 Å². The summed E-state index contributed by atoms with van der Waals surface area (Å²) < 4.78 is 39.2. The van der Waals surface area contributed by atoms with Crippen LogP contribution < -0.4 is 11.1 Å². The Morgan fingerprint density at radius 1 is 1.17 bits per heavy atom. The van der Waals surface area contributed by atoms with Crippen molar-refractivity contribution in [1.29, 1.82) is 0 Å². The zero-order valence-corrected chi connectivity index (χ0v) is 20.2. The number of aromatic nitrogens is 1. The van der Waals surface area contributed by atoms with Crippen LogP contribution in [0, 0.1) is 5.92 Å². The predicted octanol–water partition coefficient (Wildman–Crippen LogP) is 4.86. The normalized spacial score (nSPS) is 26.6. The molecule has 2 aromatic carbocycles. The van der Waals surface area contributed by atoms with E-state index in [2.05, 4.69) is 24.1 Å². The molecule has 2 aliphatic heterocycles. The number of anilines is 1. The maximum Gasteiger partial charge on any atom is 0.416 e. The number of nitrogen functional groups attached to an aromatic ring is 1. The van der Waals surface area contributed by atoms with E-state index in [1.54, 1.807) is 0 Å².